The molecule has 7 N–H and O–H groups in total. The van der Waals surface area contributed by atoms with Gasteiger partial charge in [0, 0.05) is 12.8 Å². The summed E-state index contributed by atoms with van der Waals surface area (Å²) in [5, 5.41) is 14.6. The first-order chi connectivity index (χ1) is 13.8. The largest absolute Gasteiger partial charge is 0.508 e. The molecule has 154 valence electrons. The van der Waals surface area contributed by atoms with Crippen LogP contribution in [0.25, 0.3) is 0 Å². The lowest BCUT2D eigenvalue weighted by Gasteiger charge is -2.23. The number of benzene rings is 2. The average Bonchev–Trinajstić information content (AvgIpc) is 2.69. The second-order valence-electron chi connectivity index (χ2n) is 6.87. The SMILES string of the molecule is C[C@H](N)C(=O)N[C@H](Cc1ccc(O)cc1)C(=O)N[C@@H](Cc1ccccc1)C(N)=O. The molecule has 29 heavy (non-hydrogen) atoms. The van der Waals surface area contributed by atoms with E-state index in [1.54, 1.807) is 12.1 Å². The fourth-order valence-electron chi connectivity index (χ4n) is 2.73. The van der Waals surface area contributed by atoms with Gasteiger partial charge in [-0.05, 0) is 30.2 Å². The first kappa shape index (κ1) is 21.9. The molecule has 3 atom stereocenters. The van der Waals surface area contributed by atoms with Gasteiger partial charge in [0.25, 0.3) is 0 Å². The van der Waals surface area contributed by atoms with E-state index in [0.717, 1.165) is 5.56 Å². The van der Waals surface area contributed by atoms with E-state index in [0.29, 0.717) is 5.56 Å². The maximum Gasteiger partial charge on any atom is 0.243 e. The zero-order valence-corrected chi connectivity index (χ0v) is 16.2. The number of hydrogen-bond acceptors (Lipinski definition) is 5. The van der Waals surface area contributed by atoms with Gasteiger partial charge in [0.05, 0.1) is 6.04 Å². The Labute approximate surface area is 169 Å². The van der Waals surface area contributed by atoms with Gasteiger partial charge in [-0.2, -0.15) is 0 Å². The lowest BCUT2D eigenvalue weighted by molar-refractivity contribution is -0.131. The van der Waals surface area contributed by atoms with Crippen LogP contribution in [0.2, 0.25) is 0 Å². The molecule has 0 aliphatic heterocycles. The third kappa shape index (κ3) is 6.93. The normalized spacial score (nSPS) is 13.7. The molecule has 0 radical (unpaired) electrons. The van der Waals surface area contributed by atoms with Crippen molar-refractivity contribution in [2.24, 2.45) is 11.5 Å². The Balaban J connectivity index is 2.15. The van der Waals surface area contributed by atoms with Gasteiger partial charge in [0.15, 0.2) is 0 Å². The number of aromatic hydroxyl groups is 1. The van der Waals surface area contributed by atoms with Crippen LogP contribution in [0.3, 0.4) is 0 Å². The van der Waals surface area contributed by atoms with Crippen LogP contribution in [-0.4, -0.2) is 41.0 Å². The first-order valence-electron chi connectivity index (χ1n) is 9.23. The summed E-state index contributed by atoms with van der Waals surface area (Å²) in [5.41, 5.74) is 12.6. The van der Waals surface area contributed by atoms with Crippen LogP contribution in [0, 0.1) is 0 Å². The Morgan fingerprint density at radius 3 is 1.93 bits per heavy atom. The predicted octanol–water partition coefficient (Wildman–Crippen LogP) is -0.0205. The molecule has 2 rings (SSSR count). The molecule has 8 nitrogen and oxygen atoms in total. The lowest BCUT2D eigenvalue weighted by Crippen LogP contribution is -2.56. The summed E-state index contributed by atoms with van der Waals surface area (Å²) in [6.45, 7) is 1.51. The van der Waals surface area contributed by atoms with Gasteiger partial charge in [0.1, 0.15) is 17.8 Å². The highest BCUT2D eigenvalue weighted by atomic mass is 16.3. The molecule has 0 saturated heterocycles. The molecular weight excluding hydrogens is 372 g/mol. The summed E-state index contributed by atoms with van der Waals surface area (Å²) in [4.78, 5) is 36.8. The van der Waals surface area contributed by atoms with E-state index in [9.17, 15) is 19.5 Å². The van der Waals surface area contributed by atoms with Crippen LogP contribution in [0.4, 0.5) is 0 Å². The second kappa shape index (κ2) is 10.2. The Bertz CT molecular complexity index is 838. The van der Waals surface area contributed by atoms with E-state index in [2.05, 4.69) is 10.6 Å². The van der Waals surface area contributed by atoms with Crippen molar-refractivity contribution in [1.82, 2.24) is 10.6 Å². The Kier molecular flexibility index (Phi) is 7.73. The molecule has 3 amide bonds. The van der Waals surface area contributed by atoms with Gasteiger partial charge in [-0.3, -0.25) is 14.4 Å². The third-order valence-electron chi connectivity index (χ3n) is 4.37. The standard InChI is InChI=1S/C21H26N4O4/c1-13(22)20(28)25-18(12-15-7-9-16(26)10-8-15)21(29)24-17(19(23)27)11-14-5-3-2-4-6-14/h2-10,13,17-18,26H,11-12,22H2,1H3,(H2,23,27)(H,24,29)(H,25,28)/t13-,17-,18+/m0/s1. The monoisotopic (exact) mass is 398 g/mol. The summed E-state index contributed by atoms with van der Waals surface area (Å²) in [5.74, 6) is -1.63. The molecule has 2 aromatic rings. The number of carbonyl (C=O) groups is 3. The molecule has 0 aliphatic carbocycles. The summed E-state index contributed by atoms with van der Waals surface area (Å²) in [7, 11) is 0. The van der Waals surface area contributed by atoms with Crippen molar-refractivity contribution >= 4 is 17.7 Å². The van der Waals surface area contributed by atoms with E-state index in [1.165, 1.54) is 19.1 Å². The minimum atomic E-state index is -0.962. The molecule has 0 saturated carbocycles. The van der Waals surface area contributed by atoms with E-state index in [-0.39, 0.29) is 18.6 Å². The topological polar surface area (TPSA) is 148 Å². The Morgan fingerprint density at radius 1 is 0.862 bits per heavy atom. The van der Waals surface area contributed by atoms with Crippen LogP contribution in [0.15, 0.2) is 54.6 Å². The second-order valence-corrected chi connectivity index (χ2v) is 6.87. The van der Waals surface area contributed by atoms with Gasteiger partial charge in [-0.1, -0.05) is 42.5 Å². The number of amides is 3. The average molecular weight is 398 g/mol. The van der Waals surface area contributed by atoms with Gasteiger partial charge < -0.3 is 27.2 Å². The number of carbonyl (C=O) groups excluding carboxylic acids is 3. The highest BCUT2D eigenvalue weighted by Gasteiger charge is 2.27. The molecule has 0 aromatic heterocycles. The maximum atomic E-state index is 12.9. The number of rotatable bonds is 9. The third-order valence-corrected chi connectivity index (χ3v) is 4.37. The maximum absolute atomic E-state index is 12.9. The van der Waals surface area contributed by atoms with Crippen LogP contribution in [0.5, 0.6) is 5.75 Å². The fourth-order valence-corrected chi connectivity index (χ4v) is 2.73. The van der Waals surface area contributed by atoms with Crippen LogP contribution in [0.1, 0.15) is 18.1 Å². The fraction of sp³-hybridized carbons (Fsp3) is 0.286. The zero-order chi connectivity index (χ0) is 21.4. The Hall–Kier alpha value is -3.39. The molecular formula is C21H26N4O4. The van der Waals surface area contributed by atoms with Crippen molar-refractivity contribution in [3.8, 4) is 5.75 Å². The quantitative estimate of drug-likeness (QED) is 0.403. The van der Waals surface area contributed by atoms with E-state index in [4.69, 9.17) is 11.5 Å². The first-order valence-corrected chi connectivity index (χ1v) is 9.23. The zero-order valence-electron chi connectivity index (χ0n) is 16.2. The molecule has 0 bridgehead atoms. The van der Waals surface area contributed by atoms with Crippen molar-refractivity contribution in [2.45, 2.75) is 37.9 Å². The van der Waals surface area contributed by atoms with Crippen LogP contribution in [-0.2, 0) is 27.2 Å². The molecule has 0 fully saturated rings. The highest BCUT2D eigenvalue weighted by Crippen LogP contribution is 2.12. The number of phenolic OH excluding ortho intramolecular Hbond substituents is 1. The lowest BCUT2D eigenvalue weighted by atomic mass is 10.0. The van der Waals surface area contributed by atoms with Gasteiger partial charge in [-0.15, -0.1) is 0 Å². The molecule has 0 heterocycles. The van der Waals surface area contributed by atoms with E-state index < -0.39 is 35.8 Å². The molecule has 0 spiro atoms. The smallest absolute Gasteiger partial charge is 0.243 e. The van der Waals surface area contributed by atoms with Crippen LogP contribution < -0.4 is 22.1 Å². The predicted molar refractivity (Wildman–Crippen MR) is 109 cm³/mol. The van der Waals surface area contributed by atoms with Crippen molar-refractivity contribution in [1.29, 1.82) is 0 Å². The summed E-state index contributed by atoms with van der Waals surface area (Å²) >= 11 is 0. The summed E-state index contributed by atoms with van der Waals surface area (Å²) in [6, 6.07) is 12.7. The molecule has 8 heteroatoms. The van der Waals surface area contributed by atoms with Crippen molar-refractivity contribution in [2.75, 3.05) is 0 Å². The number of nitrogens with two attached hydrogens (primary N) is 2. The van der Waals surface area contributed by atoms with E-state index in [1.807, 2.05) is 30.3 Å². The van der Waals surface area contributed by atoms with Crippen molar-refractivity contribution < 1.29 is 19.5 Å². The molecule has 0 unspecified atom stereocenters. The van der Waals surface area contributed by atoms with Gasteiger partial charge in [-0.25, -0.2) is 0 Å². The van der Waals surface area contributed by atoms with Gasteiger partial charge >= 0.3 is 0 Å². The molecule has 0 aliphatic rings. The highest BCUT2D eigenvalue weighted by molar-refractivity contribution is 5.92. The summed E-state index contributed by atoms with van der Waals surface area (Å²) in [6.07, 6.45) is 0.385. The van der Waals surface area contributed by atoms with Crippen LogP contribution >= 0.6 is 0 Å². The van der Waals surface area contributed by atoms with E-state index >= 15 is 0 Å². The van der Waals surface area contributed by atoms with Gasteiger partial charge in [0.2, 0.25) is 17.7 Å². The number of hydrogen-bond donors (Lipinski definition) is 5. The van der Waals surface area contributed by atoms with Crippen molar-refractivity contribution in [3.05, 3.63) is 65.7 Å². The Morgan fingerprint density at radius 2 is 1.38 bits per heavy atom. The number of primary amides is 1. The number of nitrogens with one attached hydrogen (secondary N) is 2. The minimum Gasteiger partial charge on any atom is -0.508 e. The van der Waals surface area contributed by atoms with Crippen molar-refractivity contribution in [3.63, 3.8) is 0 Å². The minimum absolute atomic E-state index is 0.0889. The summed E-state index contributed by atoms with van der Waals surface area (Å²) < 4.78 is 0. The number of phenols is 1. The molecule has 2 aromatic carbocycles.